The smallest absolute Gasteiger partial charge is 0.248 e. The lowest BCUT2D eigenvalue weighted by molar-refractivity contribution is -0.129. The van der Waals surface area contributed by atoms with Gasteiger partial charge in [0.05, 0.1) is 23.7 Å². The highest BCUT2D eigenvalue weighted by atomic mass is 16.3. The van der Waals surface area contributed by atoms with Crippen molar-refractivity contribution in [3.63, 3.8) is 0 Å². The Morgan fingerprint density at radius 3 is 2.41 bits per heavy atom. The van der Waals surface area contributed by atoms with Crippen LogP contribution in [0.5, 0.6) is 5.75 Å². The summed E-state index contributed by atoms with van der Waals surface area (Å²) in [5.74, 6) is -0.0619. The molecular formula is C16H14N4O2. The van der Waals surface area contributed by atoms with E-state index in [-0.39, 0.29) is 18.1 Å². The molecule has 2 aromatic carbocycles. The van der Waals surface area contributed by atoms with Gasteiger partial charge in [-0.3, -0.25) is 4.79 Å². The molecule has 0 aliphatic rings. The number of aromatic hydroxyl groups is 1. The highest BCUT2D eigenvalue weighted by Crippen LogP contribution is 2.14. The van der Waals surface area contributed by atoms with Crippen molar-refractivity contribution < 1.29 is 9.90 Å². The van der Waals surface area contributed by atoms with E-state index < -0.39 is 0 Å². The molecule has 22 heavy (non-hydrogen) atoms. The van der Waals surface area contributed by atoms with Crippen LogP contribution < -0.4 is 0 Å². The zero-order valence-electron chi connectivity index (χ0n) is 12.0. The predicted octanol–water partition coefficient (Wildman–Crippen LogP) is 2.96. The standard InChI is InChI=1S/C16H14N4O2/c1-20(16(22)10-12-4-8-15(21)9-5-12)19-18-14-6-2-13(11-17)3-7-14/h2-9,21H,10H2,1H3. The minimum Gasteiger partial charge on any atom is -0.508 e. The van der Waals surface area contributed by atoms with E-state index in [1.807, 2.05) is 6.07 Å². The van der Waals surface area contributed by atoms with Crippen molar-refractivity contribution >= 4 is 11.6 Å². The zero-order valence-corrected chi connectivity index (χ0v) is 12.0. The normalized spacial score (nSPS) is 10.4. The number of rotatable bonds is 4. The Morgan fingerprint density at radius 1 is 1.18 bits per heavy atom. The molecule has 2 rings (SSSR count). The summed E-state index contributed by atoms with van der Waals surface area (Å²) in [6.45, 7) is 0. The Labute approximate surface area is 127 Å². The predicted molar refractivity (Wildman–Crippen MR) is 80.3 cm³/mol. The second-order valence-electron chi connectivity index (χ2n) is 4.61. The number of benzene rings is 2. The van der Waals surface area contributed by atoms with Crippen LogP contribution in [0, 0.1) is 11.3 Å². The van der Waals surface area contributed by atoms with Gasteiger partial charge in [0, 0.05) is 7.05 Å². The maximum absolute atomic E-state index is 12.0. The first-order valence-corrected chi connectivity index (χ1v) is 6.55. The number of carbonyl (C=O) groups is 1. The van der Waals surface area contributed by atoms with Crippen LogP contribution in [0.4, 0.5) is 5.69 Å². The van der Waals surface area contributed by atoms with Crippen molar-refractivity contribution in [1.82, 2.24) is 5.01 Å². The molecule has 0 aliphatic heterocycles. The molecule has 0 aliphatic carbocycles. The molecule has 0 radical (unpaired) electrons. The van der Waals surface area contributed by atoms with Gasteiger partial charge in [-0.15, -0.1) is 5.11 Å². The third-order valence-corrected chi connectivity index (χ3v) is 2.94. The van der Waals surface area contributed by atoms with Gasteiger partial charge in [-0.2, -0.15) is 5.26 Å². The van der Waals surface area contributed by atoms with Gasteiger partial charge in [-0.1, -0.05) is 17.4 Å². The van der Waals surface area contributed by atoms with Gasteiger partial charge in [0.25, 0.3) is 0 Å². The first-order valence-electron chi connectivity index (χ1n) is 6.55. The summed E-state index contributed by atoms with van der Waals surface area (Å²) in [6, 6.07) is 15.0. The average Bonchev–Trinajstić information content (AvgIpc) is 2.55. The molecule has 6 nitrogen and oxygen atoms in total. The van der Waals surface area contributed by atoms with Gasteiger partial charge in [0.15, 0.2) is 0 Å². The number of nitriles is 1. The molecule has 6 heteroatoms. The third kappa shape index (κ3) is 4.15. The number of phenols is 1. The Balaban J connectivity index is 1.96. The van der Waals surface area contributed by atoms with Crippen LogP contribution >= 0.6 is 0 Å². The Morgan fingerprint density at radius 2 is 1.82 bits per heavy atom. The summed E-state index contributed by atoms with van der Waals surface area (Å²) < 4.78 is 0. The van der Waals surface area contributed by atoms with E-state index in [4.69, 9.17) is 5.26 Å². The molecule has 0 heterocycles. The molecule has 0 saturated carbocycles. The summed E-state index contributed by atoms with van der Waals surface area (Å²) in [5, 5.41) is 26.8. The maximum atomic E-state index is 12.0. The molecule has 0 unspecified atom stereocenters. The van der Waals surface area contributed by atoms with E-state index in [0.29, 0.717) is 11.3 Å². The van der Waals surface area contributed by atoms with E-state index in [9.17, 15) is 9.90 Å². The molecule has 0 bridgehead atoms. The molecule has 0 fully saturated rings. The molecule has 2 aromatic rings. The van der Waals surface area contributed by atoms with Crippen molar-refractivity contribution in [2.75, 3.05) is 7.05 Å². The van der Waals surface area contributed by atoms with Gasteiger partial charge in [-0.05, 0) is 42.0 Å². The molecule has 1 amide bonds. The molecular weight excluding hydrogens is 280 g/mol. The van der Waals surface area contributed by atoms with Gasteiger partial charge in [0.1, 0.15) is 5.75 Å². The average molecular weight is 294 g/mol. The van der Waals surface area contributed by atoms with Crippen molar-refractivity contribution in [1.29, 1.82) is 5.26 Å². The number of likely N-dealkylation sites (N-methyl/N-ethyl adjacent to an activating group) is 1. The Bertz CT molecular complexity index is 715. The van der Waals surface area contributed by atoms with E-state index in [0.717, 1.165) is 10.6 Å². The summed E-state index contributed by atoms with van der Waals surface area (Å²) in [6.07, 6.45) is 0.170. The largest absolute Gasteiger partial charge is 0.508 e. The van der Waals surface area contributed by atoms with Crippen LogP contribution in [0.25, 0.3) is 0 Å². The van der Waals surface area contributed by atoms with Gasteiger partial charge >= 0.3 is 0 Å². The summed E-state index contributed by atoms with van der Waals surface area (Å²) in [4.78, 5) is 12.0. The van der Waals surface area contributed by atoms with Crippen molar-refractivity contribution in [2.24, 2.45) is 10.3 Å². The highest BCUT2D eigenvalue weighted by Gasteiger charge is 2.09. The van der Waals surface area contributed by atoms with Gasteiger partial charge in [0.2, 0.25) is 5.91 Å². The lowest BCUT2D eigenvalue weighted by Crippen LogP contribution is -2.22. The summed E-state index contributed by atoms with van der Waals surface area (Å²) in [7, 11) is 1.52. The van der Waals surface area contributed by atoms with Crippen LogP contribution in [-0.4, -0.2) is 23.1 Å². The minimum atomic E-state index is -0.219. The maximum Gasteiger partial charge on any atom is 0.248 e. The quantitative estimate of drug-likeness (QED) is 0.694. The minimum absolute atomic E-state index is 0.157. The molecule has 110 valence electrons. The van der Waals surface area contributed by atoms with E-state index >= 15 is 0 Å². The molecule has 1 N–H and O–H groups in total. The van der Waals surface area contributed by atoms with E-state index in [2.05, 4.69) is 10.3 Å². The van der Waals surface area contributed by atoms with Crippen molar-refractivity contribution in [2.45, 2.75) is 6.42 Å². The van der Waals surface area contributed by atoms with E-state index in [1.165, 1.54) is 19.2 Å². The SMILES string of the molecule is CN(N=Nc1ccc(C#N)cc1)C(=O)Cc1ccc(O)cc1. The number of amides is 1. The highest BCUT2D eigenvalue weighted by molar-refractivity contribution is 5.78. The number of hydrogen-bond donors (Lipinski definition) is 1. The fraction of sp³-hybridized carbons (Fsp3) is 0.125. The molecule has 0 saturated heterocycles. The first-order chi connectivity index (χ1) is 10.6. The second-order valence-corrected chi connectivity index (χ2v) is 4.61. The topological polar surface area (TPSA) is 89.0 Å². The lowest BCUT2D eigenvalue weighted by atomic mass is 10.1. The number of carbonyl (C=O) groups excluding carboxylic acids is 1. The van der Waals surface area contributed by atoms with Gasteiger partial charge in [-0.25, -0.2) is 5.01 Å². The first kappa shape index (κ1) is 15.2. The monoisotopic (exact) mass is 294 g/mol. The molecule has 0 atom stereocenters. The van der Waals surface area contributed by atoms with Crippen LogP contribution in [0.2, 0.25) is 0 Å². The molecule has 0 aromatic heterocycles. The number of nitrogens with zero attached hydrogens (tertiary/aromatic N) is 4. The van der Waals surface area contributed by atoms with E-state index in [1.54, 1.807) is 36.4 Å². The second kappa shape index (κ2) is 6.99. The van der Waals surface area contributed by atoms with Gasteiger partial charge < -0.3 is 5.11 Å². The van der Waals surface area contributed by atoms with Crippen LogP contribution in [0.1, 0.15) is 11.1 Å². The number of phenolic OH excluding ortho intramolecular Hbond substituents is 1. The fourth-order valence-corrected chi connectivity index (χ4v) is 1.67. The Hall–Kier alpha value is -3.20. The third-order valence-electron chi connectivity index (χ3n) is 2.94. The lowest BCUT2D eigenvalue weighted by Gasteiger charge is -2.09. The van der Waals surface area contributed by atoms with Crippen molar-refractivity contribution in [3.8, 4) is 11.8 Å². The van der Waals surface area contributed by atoms with Crippen LogP contribution in [-0.2, 0) is 11.2 Å². The van der Waals surface area contributed by atoms with Crippen molar-refractivity contribution in [3.05, 3.63) is 59.7 Å². The fourth-order valence-electron chi connectivity index (χ4n) is 1.67. The van der Waals surface area contributed by atoms with Crippen LogP contribution in [0.3, 0.4) is 0 Å². The Kier molecular flexibility index (Phi) is 4.83. The molecule has 0 spiro atoms. The number of hydrogen-bond acceptors (Lipinski definition) is 5. The zero-order chi connectivity index (χ0) is 15.9. The summed E-state index contributed by atoms with van der Waals surface area (Å²) in [5.41, 5.74) is 1.88. The van der Waals surface area contributed by atoms with Crippen LogP contribution in [0.15, 0.2) is 58.9 Å². The summed E-state index contributed by atoms with van der Waals surface area (Å²) >= 11 is 0.